The zero-order chi connectivity index (χ0) is 25.0. The van der Waals surface area contributed by atoms with Crippen molar-refractivity contribution in [2.75, 3.05) is 25.0 Å². The Morgan fingerprint density at radius 2 is 1.77 bits per heavy atom. The molecule has 2 heterocycles. The number of nitrogens with one attached hydrogen (secondary N) is 2. The predicted octanol–water partition coefficient (Wildman–Crippen LogP) is 3.76. The fraction of sp³-hybridized carbons (Fsp3) is 0.320. The summed E-state index contributed by atoms with van der Waals surface area (Å²) < 4.78 is 38.6. The summed E-state index contributed by atoms with van der Waals surface area (Å²) in [5, 5.41) is 1.75. The summed E-state index contributed by atoms with van der Waals surface area (Å²) in [4.78, 5) is 41.3. The minimum Gasteiger partial charge on any atom is -0.318 e. The van der Waals surface area contributed by atoms with Gasteiger partial charge in [0.15, 0.2) is 0 Å². The molecular weight excluding hydrogens is 461 g/mol. The molecule has 0 aliphatic carbocycles. The first-order chi connectivity index (χ1) is 16.7. The number of fused-ring (bicyclic) bond motifs is 1. The molecule has 2 aromatic carbocycles. The first kappa shape index (κ1) is 24.5. The highest BCUT2D eigenvalue weighted by Gasteiger charge is 2.38. The molecule has 7 nitrogen and oxygen atoms in total. The SMILES string of the molecule is O=C(Nc1ccc2[nH]c(=O)n(CCCCN3CC=C(c4ccccc4)CC3)c(=O)c2c1)C(F)(F)F. The summed E-state index contributed by atoms with van der Waals surface area (Å²) >= 11 is 0. The third-order valence-corrected chi connectivity index (χ3v) is 6.04. The lowest BCUT2D eigenvalue weighted by atomic mass is 9.99. The van der Waals surface area contributed by atoms with Gasteiger partial charge in [-0.2, -0.15) is 13.2 Å². The molecule has 2 N–H and O–H groups in total. The summed E-state index contributed by atoms with van der Waals surface area (Å²) in [6, 6.07) is 13.9. The van der Waals surface area contributed by atoms with Crippen LogP contribution < -0.4 is 16.6 Å². The number of hydrogen-bond donors (Lipinski definition) is 2. The van der Waals surface area contributed by atoms with E-state index in [9.17, 15) is 27.6 Å². The number of hydrogen-bond acceptors (Lipinski definition) is 4. The number of carbonyl (C=O) groups is 1. The standard InChI is InChI=1S/C25H25F3N4O3/c26-25(27,28)23(34)29-19-8-9-21-20(16-19)22(33)32(24(35)30-21)13-5-4-12-31-14-10-18(11-15-31)17-6-2-1-3-7-17/h1-3,6-10,16H,4-5,11-15H2,(H,29,34)(H,30,35). The van der Waals surface area contributed by atoms with E-state index >= 15 is 0 Å². The quantitative estimate of drug-likeness (QED) is 0.498. The summed E-state index contributed by atoms with van der Waals surface area (Å²) in [5.41, 5.74) is 1.40. The highest BCUT2D eigenvalue weighted by atomic mass is 19.4. The highest BCUT2D eigenvalue weighted by Crippen LogP contribution is 2.22. The van der Waals surface area contributed by atoms with E-state index in [1.54, 1.807) is 5.32 Å². The van der Waals surface area contributed by atoms with Gasteiger partial charge in [0.05, 0.1) is 10.9 Å². The van der Waals surface area contributed by atoms with Crippen LogP contribution in [0.3, 0.4) is 0 Å². The molecule has 1 amide bonds. The summed E-state index contributed by atoms with van der Waals surface area (Å²) in [6.45, 7) is 2.78. The number of anilines is 1. The Labute approximate surface area is 198 Å². The van der Waals surface area contributed by atoms with Crippen LogP contribution in [0.2, 0.25) is 0 Å². The van der Waals surface area contributed by atoms with Crippen molar-refractivity contribution in [1.82, 2.24) is 14.5 Å². The maximum Gasteiger partial charge on any atom is 0.471 e. The van der Waals surface area contributed by atoms with Gasteiger partial charge >= 0.3 is 17.8 Å². The van der Waals surface area contributed by atoms with Gasteiger partial charge in [0.1, 0.15) is 0 Å². The number of halogens is 3. The molecule has 1 aromatic heterocycles. The molecule has 0 saturated heterocycles. The van der Waals surface area contributed by atoms with Gasteiger partial charge < -0.3 is 10.3 Å². The van der Waals surface area contributed by atoms with Crippen molar-refractivity contribution < 1.29 is 18.0 Å². The van der Waals surface area contributed by atoms with Crippen LogP contribution in [0.15, 0.2) is 64.2 Å². The summed E-state index contributed by atoms with van der Waals surface area (Å²) in [5.74, 6) is -2.13. The largest absolute Gasteiger partial charge is 0.471 e. The maximum atomic E-state index is 12.8. The van der Waals surface area contributed by atoms with E-state index in [2.05, 4.69) is 28.1 Å². The van der Waals surface area contributed by atoms with Crippen LogP contribution in [-0.4, -0.2) is 46.2 Å². The molecule has 0 unspecified atom stereocenters. The number of benzene rings is 2. The average molecular weight is 486 g/mol. The number of aromatic amines is 1. The fourth-order valence-corrected chi connectivity index (χ4v) is 4.17. The van der Waals surface area contributed by atoms with Crippen LogP contribution in [0.1, 0.15) is 24.8 Å². The summed E-state index contributed by atoms with van der Waals surface area (Å²) in [6.07, 6.45) is -0.494. The number of H-pyrrole nitrogens is 1. The molecule has 35 heavy (non-hydrogen) atoms. The van der Waals surface area contributed by atoms with E-state index < -0.39 is 23.3 Å². The van der Waals surface area contributed by atoms with Crippen molar-refractivity contribution in [3.8, 4) is 0 Å². The number of nitrogens with zero attached hydrogens (tertiary/aromatic N) is 2. The van der Waals surface area contributed by atoms with E-state index in [1.807, 2.05) is 18.2 Å². The number of carbonyl (C=O) groups excluding carboxylic acids is 1. The van der Waals surface area contributed by atoms with Crippen LogP contribution in [0.5, 0.6) is 0 Å². The lowest BCUT2D eigenvalue weighted by Crippen LogP contribution is -2.35. The molecule has 0 fully saturated rings. The van der Waals surface area contributed by atoms with Crippen molar-refractivity contribution in [3.05, 3.63) is 81.0 Å². The molecule has 0 radical (unpaired) electrons. The average Bonchev–Trinajstić information content (AvgIpc) is 2.84. The van der Waals surface area contributed by atoms with Gasteiger partial charge in [-0.15, -0.1) is 0 Å². The number of aromatic nitrogens is 2. The van der Waals surface area contributed by atoms with Crippen LogP contribution >= 0.6 is 0 Å². The van der Waals surface area contributed by atoms with Crippen LogP contribution in [0, 0.1) is 0 Å². The molecule has 10 heteroatoms. The molecule has 3 aromatic rings. The second kappa shape index (κ2) is 10.3. The topological polar surface area (TPSA) is 87.2 Å². The fourth-order valence-electron chi connectivity index (χ4n) is 4.17. The first-order valence-electron chi connectivity index (χ1n) is 11.3. The van der Waals surface area contributed by atoms with Gasteiger partial charge in [-0.1, -0.05) is 36.4 Å². The molecule has 0 bridgehead atoms. The van der Waals surface area contributed by atoms with E-state index in [0.29, 0.717) is 6.42 Å². The Hall–Kier alpha value is -3.66. The lowest BCUT2D eigenvalue weighted by molar-refractivity contribution is -0.167. The predicted molar refractivity (Wildman–Crippen MR) is 128 cm³/mol. The Balaban J connectivity index is 1.37. The van der Waals surface area contributed by atoms with Gasteiger partial charge in [-0.05, 0) is 55.1 Å². The number of amides is 1. The molecule has 1 aliphatic rings. The van der Waals surface area contributed by atoms with E-state index in [1.165, 1.54) is 23.3 Å². The lowest BCUT2D eigenvalue weighted by Gasteiger charge is -2.26. The van der Waals surface area contributed by atoms with Crippen molar-refractivity contribution in [3.63, 3.8) is 0 Å². The van der Waals surface area contributed by atoms with Crippen LogP contribution in [0.4, 0.5) is 18.9 Å². The van der Waals surface area contributed by atoms with Crippen LogP contribution in [-0.2, 0) is 11.3 Å². The van der Waals surface area contributed by atoms with Crippen LogP contribution in [0.25, 0.3) is 16.5 Å². The minimum atomic E-state index is -5.05. The van der Waals surface area contributed by atoms with E-state index in [4.69, 9.17) is 0 Å². The Kier molecular flexibility index (Phi) is 7.20. The van der Waals surface area contributed by atoms with Gasteiger partial charge in [0, 0.05) is 25.3 Å². The molecule has 4 rings (SSSR count). The van der Waals surface area contributed by atoms with Gasteiger partial charge in [-0.3, -0.25) is 19.1 Å². The molecular formula is C25H25F3N4O3. The summed E-state index contributed by atoms with van der Waals surface area (Å²) in [7, 11) is 0. The number of alkyl halides is 3. The molecule has 184 valence electrons. The van der Waals surface area contributed by atoms with Crippen molar-refractivity contribution in [2.45, 2.75) is 32.0 Å². The highest BCUT2D eigenvalue weighted by molar-refractivity contribution is 5.96. The second-order valence-corrected chi connectivity index (χ2v) is 8.45. The maximum absolute atomic E-state index is 12.8. The number of unbranched alkanes of at least 4 members (excludes halogenated alkanes) is 1. The Morgan fingerprint density at radius 1 is 1.03 bits per heavy atom. The van der Waals surface area contributed by atoms with Gasteiger partial charge in [0.2, 0.25) is 0 Å². The monoisotopic (exact) mass is 486 g/mol. The molecule has 0 atom stereocenters. The Bertz CT molecular complexity index is 1360. The van der Waals surface area contributed by atoms with E-state index in [-0.39, 0.29) is 23.1 Å². The smallest absolute Gasteiger partial charge is 0.318 e. The third-order valence-electron chi connectivity index (χ3n) is 6.04. The van der Waals surface area contributed by atoms with Crippen molar-refractivity contribution >= 4 is 28.1 Å². The second-order valence-electron chi connectivity index (χ2n) is 8.45. The molecule has 0 saturated carbocycles. The van der Waals surface area contributed by atoms with Gasteiger partial charge in [0.25, 0.3) is 5.56 Å². The number of rotatable bonds is 7. The van der Waals surface area contributed by atoms with Crippen molar-refractivity contribution in [1.29, 1.82) is 0 Å². The van der Waals surface area contributed by atoms with E-state index in [0.717, 1.165) is 43.1 Å². The van der Waals surface area contributed by atoms with Gasteiger partial charge in [-0.25, -0.2) is 4.79 Å². The zero-order valence-corrected chi connectivity index (χ0v) is 18.9. The zero-order valence-electron chi connectivity index (χ0n) is 18.9. The molecule has 0 spiro atoms. The Morgan fingerprint density at radius 3 is 2.46 bits per heavy atom. The molecule has 1 aliphatic heterocycles. The minimum absolute atomic E-state index is 0.0270. The first-order valence-corrected chi connectivity index (χ1v) is 11.3. The third kappa shape index (κ3) is 5.89. The normalized spacial score (nSPS) is 14.7. The van der Waals surface area contributed by atoms with Crippen molar-refractivity contribution in [2.24, 2.45) is 0 Å².